The summed E-state index contributed by atoms with van der Waals surface area (Å²) >= 11 is 7.71. The number of carbonyl (C=O) groups excluding carboxylic acids is 1. The van der Waals surface area contributed by atoms with Crippen molar-refractivity contribution in [2.45, 2.75) is 5.92 Å². The van der Waals surface area contributed by atoms with Gasteiger partial charge < -0.3 is 4.90 Å². The number of likely N-dealkylation sites (tertiary alicyclic amines) is 1. The second-order valence-electron chi connectivity index (χ2n) is 3.64. The molecule has 0 atom stereocenters. The molecule has 1 saturated heterocycles. The summed E-state index contributed by atoms with van der Waals surface area (Å²) in [6, 6.07) is 4.77. The molecule has 2 rings (SSSR count). The molecule has 0 unspecified atom stereocenters. The van der Waals surface area contributed by atoms with E-state index in [1.807, 2.05) is 22.6 Å². The molecule has 1 aromatic rings. The molecule has 0 spiro atoms. The highest BCUT2D eigenvalue weighted by Gasteiger charge is 2.46. The number of halogens is 4. The van der Waals surface area contributed by atoms with Crippen LogP contribution in [0.15, 0.2) is 18.2 Å². The minimum Gasteiger partial charge on any atom is -0.326 e. The first kappa shape index (κ1) is 12.0. The highest BCUT2D eigenvalue weighted by molar-refractivity contribution is 14.1. The monoisotopic (exact) mass is 357 g/mol. The molecule has 1 aromatic carbocycles. The average molecular weight is 358 g/mol. The second kappa shape index (κ2) is 4.10. The number of benzene rings is 1. The summed E-state index contributed by atoms with van der Waals surface area (Å²) < 4.78 is 25.9. The van der Waals surface area contributed by atoms with Crippen LogP contribution in [0.4, 0.5) is 8.78 Å². The summed E-state index contributed by atoms with van der Waals surface area (Å²) in [4.78, 5) is 12.9. The molecule has 6 heteroatoms. The lowest BCUT2D eigenvalue weighted by molar-refractivity contribution is -0.113. The van der Waals surface area contributed by atoms with Gasteiger partial charge in [-0.15, -0.1) is 0 Å². The van der Waals surface area contributed by atoms with Gasteiger partial charge in [-0.1, -0.05) is 11.6 Å². The summed E-state index contributed by atoms with van der Waals surface area (Å²) in [5.41, 5.74) is 0.417. The number of carbonyl (C=O) groups is 1. The molecule has 1 aliphatic heterocycles. The summed E-state index contributed by atoms with van der Waals surface area (Å²) in [5, 5.41) is 0.523. The lowest BCUT2D eigenvalue weighted by Gasteiger charge is -2.38. The van der Waals surface area contributed by atoms with Gasteiger partial charge in [0, 0.05) is 8.59 Å². The predicted octanol–water partition coefficient (Wildman–Crippen LogP) is 3.04. The molecular weight excluding hydrogens is 350 g/mol. The Balaban J connectivity index is 2.16. The Kier molecular flexibility index (Phi) is 3.09. The fourth-order valence-electron chi connectivity index (χ4n) is 1.49. The van der Waals surface area contributed by atoms with Crippen molar-refractivity contribution in [3.8, 4) is 0 Å². The van der Waals surface area contributed by atoms with Crippen molar-refractivity contribution < 1.29 is 13.6 Å². The Bertz CT molecular complexity index is 444. The zero-order valence-corrected chi connectivity index (χ0v) is 10.9. The zero-order chi connectivity index (χ0) is 11.9. The van der Waals surface area contributed by atoms with E-state index < -0.39 is 19.0 Å². The van der Waals surface area contributed by atoms with Gasteiger partial charge >= 0.3 is 0 Å². The van der Waals surface area contributed by atoms with Crippen molar-refractivity contribution in [1.82, 2.24) is 4.90 Å². The third-order valence-corrected chi connectivity index (χ3v) is 3.42. The molecule has 2 nitrogen and oxygen atoms in total. The number of amides is 1. The maximum Gasteiger partial charge on any atom is 0.282 e. The Morgan fingerprint density at radius 3 is 2.56 bits per heavy atom. The second-order valence-corrected chi connectivity index (χ2v) is 5.24. The Morgan fingerprint density at radius 2 is 2.06 bits per heavy atom. The number of alkyl halides is 2. The molecule has 1 fully saturated rings. The van der Waals surface area contributed by atoms with E-state index in [2.05, 4.69) is 0 Å². The highest BCUT2D eigenvalue weighted by atomic mass is 127. The van der Waals surface area contributed by atoms with Crippen LogP contribution in [0.2, 0.25) is 5.02 Å². The minimum absolute atomic E-state index is 0.369. The molecule has 86 valence electrons. The van der Waals surface area contributed by atoms with E-state index in [-0.39, 0.29) is 5.91 Å². The molecule has 0 aromatic heterocycles. The van der Waals surface area contributed by atoms with Gasteiger partial charge in [0.05, 0.1) is 18.7 Å². The van der Waals surface area contributed by atoms with Crippen LogP contribution >= 0.6 is 34.2 Å². The molecular formula is C10H7ClF2INO. The van der Waals surface area contributed by atoms with Gasteiger partial charge in [0.1, 0.15) is 0 Å². The van der Waals surface area contributed by atoms with Crippen molar-refractivity contribution in [1.29, 1.82) is 0 Å². The van der Waals surface area contributed by atoms with Crippen LogP contribution in [0.5, 0.6) is 0 Å². The molecule has 1 amide bonds. The van der Waals surface area contributed by atoms with E-state index in [1.165, 1.54) is 0 Å². The summed E-state index contributed by atoms with van der Waals surface area (Å²) in [6.45, 7) is -0.991. The standard InChI is InChI=1S/C10H7ClF2INO/c11-6-1-2-7(8(14)3-6)9(16)15-4-10(12,13)5-15/h1-3H,4-5H2. The molecule has 0 N–H and O–H groups in total. The van der Waals surface area contributed by atoms with Crippen LogP contribution in [0.25, 0.3) is 0 Å². The van der Waals surface area contributed by atoms with Crippen LogP contribution in [-0.2, 0) is 0 Å². The van der Waals surface area contributed by atoms with Gasteiger partial charge in [0.15, 0.2) is 0 Å². The zero-order valence-electron chi connectivity index (χ0n) is 8.01. The first-order chi connectivity index (χ1) is 7.39. The third-order valence-electron chi connectivity index (χ3n) is 2.29. The van der Waals surface area contributed by atoms with E-state index in [0.717, 1.165) is 4.90 Å². The number of rotatable bonds is 1. The summed E-state index contributed by atoms with van der Waals surface area (Å²) in [6.07, 6.45) is 0. The lowest BCUT2D eigenvalue weighted by Crippen LogP contribution is -2.58. The first-order valence-corrected chi connectivity index (χ1v) is 5.97. The largest absolute Gasteiger partial charge is 0.326 e. The lowest BCUT2D eigenvalue weighted by atomic mass is 10.1. The molecule has 0 saturated carbocycles. The fourth-order valence-corrected chi connectivity index (χ4v) is 2.59. The number of hydrogen-bond donors (Lipinski definition) is 0. The van der Waals surface area contributed by atoms with Crippen LogP contribution in [0.1, 0.15) is 10.4 Å². The van der Waals surface area contributed by atoms with Crippen LogP contribution in [0, 0.1) is 3.57 Å². The average Bonchev–Trinajstić information content (AvgIpc) is 2.13. The van der Waals surface area contributed by atoms with E-state index in [0.29, 0.717) is 14.2 Å². The quantitative estimate of drug-likeness (QED) is 0.708. The third kappa shape index (κ3) is 2.29. The van der Waals surface area contributed by atoms with Crippen molar-refractivity contribution in [2.75, 3.05) is 13.1 Å². The fraction of sp³-hybridized carbons (Fsp3) is 0.300. The Labute approximate surface area is 110 Å². The normalized spacial score (nSPS) is 18.1. The van der Waals surface area contributed by atoms with Gasteiger partial charge in [0.2, 0.25) is 0 Å². The molecule has 0 radical (unpaired) electrons. The van der Waals surface area contributed by atoms with Crippen molar-refractivity contribution in [2.24, 2.45) is 0 Å². The van der Waals surface area contributed by atoms with Crippen molar-refractivity contribution in [3.63, 3.8) is 0 Å². The number of nitrogens with zero attached hydrogens (tertiary/aromatic N) is 1. The molecule has 1 aliphatic rings. The van der Waals surface area contributed by atoms with Crippen LogP contribution in [0.3, 0.4) is 0 Å². The van der Waals surface area contributed by atoms with Crippen molar-refractivity contribution in [3.05, 3.63) is 32.4 Å². The van der Waals surface area contributed by atoms with E-state index >= 15 is 0 Å². The van der Waals surface area contributed by atoms with Gasteiger partial charge in [-0.3, -0.25) is 4.79 Å². The molecule has 0 bridgehead atoms. The SMILES string of the molecule is O=C(c1ccc(Cl)cc1I)N1CC(F)(F)C1. The first-order valence-electron chi connectivity index (χ1n) is 4.51. The summed E-state index contributed by atoms with van der Waals surface area (Å²) in [5.74, 6) is -3.10. The predicted molar refractivity (Wildman–Crippen MR) is 65.0 cm³/mol. The van der Waals surface area contributed by atoms with Gasteiger partial charge in [-0.2, -0.15) is 0 Å². The van der Waals surface area contributed by atoms with E-state index in [9.17, 15) is 13.6 Å². The minimum atomic E-state index is -2.73. The molecule has 1 heterocycles. The van der Waals surface area contributed by atoms with Crippen LogP contribution < -0.4 is 0 Å². The van der Waals surface area contributed by atoms with E-state index in [1.54, 1.807) is 18.2 Å². The van der Waals surface area contributed by atoms with Crippen LogP contribution in [-0.4, -0.2) is 29.8 Å². The highest BCUT2D eigenvalue weighted by Crippen LogP contribution is 2.29. The van der Waals surface area contributed by atoms with Gasteiger partial charge in [-0.05, 0) is 40.8 Å². The maximum absolute atomic E-state index is 12.6. The van der Waals surface area contributed by atoms with Gasteiger partial charge in [-0.25, -0.2) is 8.78 Å². The topological polar surface area (TPSA) is 20.3 Å². The summed E-state index contributed by atoms with van der Waals surface area (Å²) in [7, 11) is 0. The number of hydrogen-bond acceptors (Lipinski definition) is 1. The maximum atomic E-state index is 12.6. The Morgan fingerprint density at radius 1 is 1.44 bits per heavy atom. The molecule has 16 heavy (non-hydrogen) atoms. The molecule has 0 aliphatic carbocycles. The van der Waals surface area contributed by atoms with E-state index in [4.69, 9.17) is 11.6 Å². The van der Waals surface area contributed by atoms with Crippen molar-refractivity contribution >= 4 is 40.1 Å². The smallest absolute Gasteiger partial charge is 0.282 e. The Hall–Kier alpha value is -0.430. The van der Waals surface area contributed by atoms with Gasteiger partial charge in [0.25, 0.3) is 11.8 Å².